The molecule has 3 aromatic rings. The van der Waals surface area contributed by atoms with Gasteiger partial charge in [0.1, 0.15) is 0 Å². The highest BCUT2D eigenvalue weighted by molar-refractivity contribution is 7.89. The average molecular weight is 438 g/mol. The minimum Gasteiger partial charge on any atom is -0.338 e. The first-order chi connectivity index (χ1) is 14.9. The predicted octanol–water partition coefficient (Wildman–Crippen LogP) is 4.25. The first kappa shape index (κ1) is 22.5. The Morgan fingerprint density at radius 1 is 0.903 bits per heavy atom. The van der Waals surface area contributed by atoms with Gasteiger partial charge in [-0.25, -0.2) is 17.9 Å². The zero-order chi connectivity index (χ0) is 22.3. The van der Waals surface area contributed by atoms with E-state index in [1.165, 1.54) is 30.3 Å². The lowest BCUT2D eigenvalue weighted by Crippen LogP contribution is -2.31. The molecule has 0 saturated heterocycles. The van der Waals surface area contributed by atoms with Crippen LogP contribution in [0.2, 0.25) is 0 Å². The highest BCUT2D eigenvalue weighted by Crippen LogP contribution is 2.27. The number of carbonyl (C=O) groups is 1. The number of urea groups is 1. The lowest BCUT2D eigenvalue weighted by molar-refractivity contribution is 0.252. The highest BCUT2D eigenvalue weighted by Gasteiger charge is 2.16. The fraction of sp³-hybridized carbons (Fsp3) is 0.208. The quantitative estimate of drug-likeness (QED) is 0.492. The second-order valence-electron chi connectivity index (χ2n) is 7.23. The summed E-state index contributed by atoms with van der Waals surface area (Å²) in [6, 6.07) is 24.7. The molecule has 7 heteroatoms. The van der Waals surface area contributed by atoms with Gasteiger partial charge in [-0.05, 0) is 49.2 Å². The maximum Gasteiger partial charge on any atom is 0.319 e. The molecule has 0 aromatic heterocycles. The monoisotopic (exact) mass is 437 g/mol. The molecule has 31 heavy (non-hydrogen) atoms. The zero-order valence-corrected chi connectivity index (χ0v) is 18.4. The molecule has 2 amide bonds. The van der Waals surface area contributed by atoms with Gasteiger partial charge in [-0.1, -0.05) is 66.7 Å². The number of nitrogens with one attached hydrogen (secondary N) is 3. The van der Waals surface area contributed by atoms with Crippen molar-refractivity contribution in [3.05, 3.63) is 95.6 Å². The molecule has 0 bridgehead atoms. The van der Waals surface area contributed by atoms with Gasteiger partial charge in [0.25, 0.3) is 0 Å². The summed E-state index contributed by atoms with van der Waals surface area (Å²) in [6.07, 6.45) is 0.731. The lowest BCUT2D eigenvalue weighted by Gasteiger charge is -2.19. The Bertz CT molecular complexity index is 1080. The van der Waals surface area contributed by atoms with Crippen LogP contribution in [0.25, 0.3) is 0 Å². The summed E-state index contributed by atoms with van der Waals surface area (Å²) in [6.45, 7) is 2.28. The van der Waals surface area contributed by atoms with Gasteiger partial charge in [0, 0.05) is 18.2 Å². The topological polar surface area (TPSA) is 87.3 Å². The van der Waals surface area contributed by atoms with Crippen molar-refractivity contribution < 1.29 is 13.2 Å². The molecule has 0 heterocycles. The Kier molecular flexibility index (Phi) is 7.44. The van der Waals surface area contributed by atoms with E-state index in [4.69, 9.17) is 0 Å². The van der Waals surface area contributed by atoms with Crippen molar-refractivity contribution in [2.45, 2.75) is 24.2 Å². The van der Waals surface area contributed by atoms with Crippen LogP contribution in [0.3, 0.4) is 0 Å². The summed E-state index contributed by atoms with van der Waals surface area (Å²) in [7, 11) is -2.23. The molecule has 0 radical (unpaired) electrons. The van der Waals surface area contributed by atoms with Crippen molar-refractivity contribution in [1.82, 2.24) is 10.0 Å². The molecule has 0 unspecified atom stereocenters. The van der Waals surface area contributed by atoms with Crippen molar-refractivity contribution in [3.63, 3.8) is 0 Å². The van der Waals surface area contributed by atoms with Crippen molar-refractivity contribution in [2.75, 3.05) is 18.9 Å². The Morgan fingerprint density at radius 2 is 1.48 bits per heavy atom. The van der Waals surface area contributed by atoms with Crippen LogP contribution in [0.4, 0.5) is 10.5 Å². The number of amides is 2. The number of sulfonamides is 1. The lowest BCUT2D eigenvalue weighted by atomic mass is 9.88. The highest BCUT2D eigenvalue weighted by atomic mass is 32.2. The van der Waals surface area contributed by atoms with E-state index in [0.717, 1.165) is 12.0 Å². The van der Waals surface area contributed by atoms with Crippen molar-refractivity contribution in [3.8, 4) is 0 Å². The number of carbonyl (C=O) groups excluding carboxylic acids is 1. The van der Waals surface area contributed by atoms with Gasteiger partial charge < -0.3 is 10.6 Å². The molecule has 3 rings (SSSR count). The van der Waals surface area contributed by atoms with Gasteiger partial charge in [0.15, 0.2) is 0 Å². The molecule has 0 atom stereocenters. The summed E-state index contributed by atoms with van der Waals surface area (Å²) < 4.78 is 26.3. The first-order valence-corrected chi connectivity index (χ1v) is 11.6. The molecular weight excluding hydrogens is 410 g/mol. The molecule has 6 nitrogen and oxygen atoms in total. The smallest absolute Gasteiger partial charge is 0.319 e. The number of anilines is 1. The van der Waals surface area contributed by atoms with Crippen LogP contribution in [0.15, 0.2) is 83.8 Å². The van der Waals surface area contributed by atoms with Gasteiger partial charge in [-0.2, -0.15) is 0 Å². The molecule has 3 N–H and O–H groups in total. The number of aryl methyl sites for hydroxylation is 1. The molecule has 0 spiro atoms. The third-order valence-electron chi connectivity index (χ3n) is 5.16. The molecule has 0 fully saturated rings. The minimum atomic E-state index is -3.58. The summed E-state index contributed by atoms with van der Waals surface area (Å²) >= 11 is 0. The molecule has 0 aliphatic heterocycles. The maximum atomic E-state index is 12.5. The van der Waals surface area contributed by atoms with Crippen LogP contribution in [0, 0.1) is 6.92 Å². The van der Waals surface area contributed by atoms with E-state index in [1.54, 1.807) is 6.07 Å². The number of benzene rings is 3. The van der Waals surface area contributed by atoms with Crippen LogP contribution >= 0.6 is 0 Å². The van der Waals surface area contributed by atoms with Crippen LogP contribution in [0.1, 0.15) is 29.0 Å². The molecule has 0 aliphatic carbocycles. The van der Waals surface area contributed by atoms with Crippen LogP contribution < -0.4 is 15.4 Å². The number of hydrogen-bond acceptors (Lipinski definition) is 3. The second kappa shape index (κ2) is 10.2. The summed E-state index contributed by atoms with van der Waals surface area (Å²) in [4.78, 5) is 12.6. The average Bonchev–Trinajstić information content (AvgIpc) is 2.79. The number of hydrogen-bond donors (Lipinski definition) is 3. The third-order valence-corrected chi connectivity index (χ3v) is 6.57. The maximum absolute atomic E-state index is 12.5. The second-order valence-corrected chi connectivity index (χ2v) is 9.11. The zero-order valence-electron chi connectivity index (χ0n) is 17.6. The standard InChI is InChI=1S/C24H27N3O3S/c1-18-13-14-21(31(29,30)25-2)17-23(18)27-24(28)26-16-15-22(19-9-5-3-6-10-19)20-11-7-4-8-12-20/h3-14,17,22,25H,15-16H2,1-2H3,(H2,26,27,28). The summed E-state index contributed by atoms with van der Waals surface area (Å²) in [5.41, 5.74) is 3.61. The molecule has 0 saturated carbocycles. The Hall–Kier alpha value is -3.16. The predicted molar refractivity (Wildman–Crippen MR) is 124 cm³/mol. The van der Waals surface area contributed by atoms with E-state index in [9.17, 15) is 13.2 Å². The Morgan fingerprint density at radius 3 is 2.03 bits per heavy atom. The van der Waals surface area contributed by atoms with E-state index >= 15 is 0 Å². The third kappa shape index (κ3) is 5.93. The molecular formula is C24H27N3O3S. The van der Waals surface area contributed by atoms with Gasteiger partial charge in [-0.3, -0.25) is 0 Å². The minimum absolute atomic E-state index is 0.101. The van der Waals surface area contributed by atoms with E-state index in [-0.39, 0.29) is 16.8 Å². The largest absolute Gasteiger partial charge is 0.338 e. The van der Waals surface area contributed by atoms with Crippen LogP contribution in [-0.4, -0.2) is 28.0 Å². The SMILES string of the molecule is CNS(=O)(=O)c1ccc(C)c(NC(=O)NCCC(c2ccccc2)c2ccccc2)c1. The summed E-state index contributed by atoms with van der Waals surface area (Å²) in [5.74, 6) is 0.161. The van der Waals surface area contributed by atoms with Gasteiger partial charge in [0.05, 0.1) is 4.90 Å². The normalized spacial score (nSPS) is 11.3. The van der Waals surface area contributed by atoms with Crippen molar-refractivity contribution >= 4 is 21.7 Å². The van der Waals surface area contributed by atoms with Gasteiger partial charge in [-0.15, -0.1) is 0 Å². The molecule has 3 aromatic carbocycles. The van der Waals surface area contributed by atoms with Crippen molar-refractivity contribution in [2.24, 2.45) is 0 Å². The van der Waals surface area contributed by atoms with E-state index < -0.39 is 10.0 Å². The van der Waals surface area contributed by atoms with E-state index in [0.29, 0.717) is 12.2 Å². The molecule has 162 valence electrons. The van der Waals surface area contributed by atoms with Crippen LogP contribution in [-0.2, 0) is 10.0 Å². The Balaban J connectivity index is 1.66. The first-order valence-electron chi connectivity index (χ1n) is 10.1. The fourth-order valence-electron chi connectivity index (χ4n) is 3.41. The van der Waals surface area contributed by atoms with E-state index in [1.807, 2.05) is 43.3 Å². The fourth-order valence-corrected chi connectivity index (χ4v) is 4.17. The molecule has 0 aliphatic rings. The van der Waals surface area contributed by atoms with Gasteiger partial charge >= 0.3 is 6.03 Å². The van der Waals surface area contributed by atoms with Crippen molar-refractivity contribution in [1.29, 1.82) is 0 Å². The van der Waals surface area contributed by atoms with E-state index in [2.05, 4.69) is 39.6 Å². The van der Waals surface area contributed by atoms with Gasteiger partial charge in [0.2, 0.25) is 10.0 Å². The Labute approximate surface area is 183 Å². The summed E-state index contributed by atoms with van der Waals surface area (Å²) in [5, 5.41) is 5.64. The number of rotatable bonds is 8. The van der Waals surface area contributed by atoms with Crippen LogP contribution in [0.5, 0.6) is 0 Å².